The highest BCUT2D eigenvalue weighted by Crippen LogP contribution is 2.09. The Morgan fingerprint density at radius 1 is 1.16 bits per heavy atom. The largest absolute Gasteiger partial charge is 0.312 e. The molecule has 0 spiro atoms. The third kappa shape index (κ3) is 9.20. The normalized spacial score (nSPS) is 12.3. The van der Waals surface area contributed by atoms with E-state index in [4.69, 9.17) is 0 Å². The van der Waals surface area contributed by atoms with E-state index in [0.717, 1.165) is 13.1 Å². The van der Waals surface area contributed by atoms with E-state index in [1.807, 2.05) is 0 Å². The molecule has 1 rings (SSSR count). The van der Waals surface area contributed by atoms with Gasteiger partial charge in [0, 0.05) is 12.1 Å². The fourth-order valence-electron chi connectivity index (χ4n) is 2.10. The molecule has 0 aliphatic rings. The molecule has 1 aromatic heterocycles. The maximum Gasteiger partial charge on any atom is 0.0238 e. The molecular weight excluding hydrogens is 252 g/mol. The van der Waals surface area contributed by atoms with Crippen molar-refractivity contribution in [3.63, 3.8) is 0 Å². The molecule has 3 heteroatoms. The van der Waals surface area contributed by atoms with Gasteiger partial charge in [-0.05, 0) is 76.1 Å². The summed E-state index contributed by atoms with van der Waals surface area (Å²) in [5, 5.41) is 7.94. The van der Waals surface area contributed by atoms with Crippen molar-refractivity contribution in [1.82, 2.24) is 10.2 Å². The van der Waals surface area contributed by atoms with Crippen molar-refractivity contribution < 1.29 is 0 Å². The van der Waals surface area contributed by atoms with Gasteiger partial charge in [0.15, 0.2) is 0 Å². The molecule has 2 nitrogen and oxygen atoms in total. The van der Waals surface area contributed by atoms with Gasteiger partial charge in [-0.3, -0.25) is 0 Å². The molecular formula is C16H30N2S. The lowest BCUT2D eigenvalue weighted by molar-refractivity contribution is 0.316. The Kier molecular flexibility index (Phi) is 7.66. The molecule has 0 aromatic carbocycles. The lowest BCUT2D eigenvalue weighted by atomic mass is 10.1. The summed E-state index contributed by atoms with van der Waals surface area (Å²) in [7, 11) is 2.22. The molecule has 0 atom stereocenters. The van der Waals surface area contributed by atoms with Gasteiger partial charge in [0.1, 0.15) is 0 Å². The second-order valence-corrected chi connectivity index (χ2v) is 7.24. The van der Waals surface area contributed by atoms with Crippen LogP contribution < -0.4 is 5.32 Å². The van der Waals surface area contributed by atoms with Crippen molar-refractivity contribution in [1.29, 1.82) is 0 Å². The predicted octanol–water partition coefficient (Wildman–Crippen LogP) is 4.13. The van der Waals surface area contributed by atoms with E-state index >= 15 is 0 Å². The number of hydrogen-bond donors (Lipinski definition) is 1. The van der Waals surface area contributed by atoms with E-state index in [9.17, 15) is 0 Å². The Hall–Kier alpha value is -0.380. The third-order valence-corrected chi connectivity index (χ3v) is 3.89. The molecule has 0 saturated heterocycles. The average molecular weight is 282 g/mol. The molecule has 0 bridgehead atoms. The van der Waals surface area contributed by atoms with E-state index in [2.05, 4.69) is 54.9 Å². The second kappa shape index (κ2) is 8.72. The van der Waals surface area contributed by atoms with Crippen LogP contribution in [-0.2, 0) is 6.54 Å². The van der Waals surface area contributed by atoms with Crippen molar-refractivity contribution in [2.75, 3.05) is 20.1 Å². The number of unbranched alkanes of at least 4 members (excludes halogenated alkanes) is 3. The Balaban J connectivity index is 1.93. The van der Waals surface area contributed by atoms with Gasteiger partial charge in [0.25, 0.3) is 0 Å². The van der Waals surface area contributed by atoms with E-state index in [0.29, 0.717) is 0 Å². The lowest BCUT2D eigenvalue weighted by Gasteiger charge is -2.20. The maximum absolute atomic E-state index is 3.54. The Morgan fingerprint density at radius 2 is 1.89 bits per heavy atom. The number of hydrogen-bond acceptors (Lipinski definition) is 3. The van der Waals surface area contributed by atoms with Crippen LogP contribution in [0.3, 0.4) is 0 Å². The minimum atomic E-state index is 0.265. The van der Waals surface area contributed by atoms with Crippen molar-refractivity contribution in [2.45, 2.75) is 58.5 Å². The molecule has 1 N–H and O–H groups in total. The first kappa shape index (κ1) is 16.7. The van der Waals surface area contributed by atoms with Gasteiger partial charge >= 0.3 is 0 Å². The van der Waals surface area contributed by atoms with Gasteiger partial charge < -0.3 is 10.2 Å². The highest BCUT2D eigenvalue weighted by molar-refractivity contribution is 7.07. The fourth-order valence-corrected chi connectivity index (χ4v) is 2.76. The quantitative estimate of drug-likeness (QED) is 0.685. The Bertz CT molecular complexity index is 314. The van der Waals surface area contributed by atoms with E-state index < -0.39 is 0 Å². The van der Waals surface area contributed by atoms with Crippen LogP contribution >= 0.6 is 11.3 Å². The first-order chi connectivity index (χ1) is 8.97. The molecule has 0 fully saturated rings. The van der Waals surface area contributed by atoms with Gasteiger partial charge in [0.2, 0.25) is 0 Å². The molecule has 110 valence electrons. The van der Waals surface area contributed by atoms with Crippen molar-refractivity contribution in [3.8, 4) is 0 Å². The molecule has 0 radical (unpaired) electrons. The van der Waals surface area contributed by atoms with Crippen molar-refractivity contribution in [2.24, 2.45) is 0 Å². The lowest BCUT2D eigenvalue weighted by Crippen LogP contribution is -2.36. The summed E-state index contributed by atoms with van der Waals surface area (Å²) in [6.07, 6.45) is 5.30. The zero-order valence-corrected chi connectivity index (χ0v) is 13.9. The molecule has 0 aliphatic heterocycles. The highest BCUT2D eigenvalue weighted by Gasteiger charge is 2.07. The first-order valence-electron chi connectivity index (χ1n) is 7.42. The van der Waals surface area contributed by atoms with E-state index in [1.165, 1.54) is 37.8 Å². The number of rotatable bonds is 9. The molecule has 0 saturated carbocycles. The maximum atomic E-state index is 3.54. The smallest absolute Gasteiger partial charge is 0.0238 e. The Labute approximate surface area is 123 Å². The molecule has 0 aliphatic carbocycles. The Morgan fingerprint density at radius 3 is 2.53 bits per heavy atom. The van der Waals surface area contributed by atoms with Crippen LogP contribution in [0.5, 0.6) is 0 Å². The third-order valence-electron chi connectivity index (χ3n) is 3.15. The molecule has 0 unspecified atom stereocenters. The summed E-state index contributed by atoms with van der Waals surface area (Å²) < 4.78 is 0. The van der Waals surface area contributed by atoms with Crippen LogP contribution in [0.1, 0.15) is 52.0 Å². The summed E-state index contributed by atoms with van der Waals surface area (Å²) in [5.41, 5.74) is 1.71. The molecule has 1 heterocycles. The summed E-state index contributed by atoms with van der Waals surface area (Å²) >= 11 is 1.79. The second-order valence-electron chi connectivity index (χ2n) is 6.46. The first-order valence-corrected chi connectivity index (χ1v) is 8.36. The van der Waals surface area contributed by atoms with Crippen LogP contribution in [0.25, 0.3) is 0 Å². The summed E-state index contributed by atoms with van der Waals surface area (Å²) in [4.78, 5) is 2.43. The topological polar surface area (TPSA) is 15.3 Å². The van der Waals surface area contributed by atoms with Gasteiger partial charge in [-0.2, -0.15) is 11.3 Å². The SMILES string of the molecule is CN(CCCCCCNC(C)(C)C)Cc1ccsc1. The standard InChI is InChI=1S/C16H30N2S/c1-16(2,3)17-10-7-5-6-8-11-18(4)13-15-9-12-19-14-15/h9,12,14,17H,5-8,10-11,13H2,1-4H3. The van der Waals surface area contributed by atoms with Crippen molar-refractivity contribution >= 4 is 11.3 Å². The summed E-state index contributed by atoms with van der Waals surface area (Å²) in [6.45, 7) is 10.1. The van der Waals surface area contributed by atoms with E-state index in [1.54, 1.807) is 11.3 Å². The molecule has 0 amide bonds. The van der Waals surface area contributed by atoms with Crippen LogP contribution in [-0.4, -0.2) is 30.6 Å². The van der Waals surface area contributed by atoms with Crippen LogP contribution in [0, 0.1) is 0 Å². The van der Waals surface area contributed by atoms with Crippen LogP contribution in [0.15, 0.2) is 16.8 Å². The minimum absolute atomic E-state index is 0.265. The fraction of sp³-hybridized carbons (Fsp3) is 0.750. The summed E-state index contributed by atoms with van der Waals surface area (Å²) in [6, 6.07) is 2.22. The minimum Gasteiger partial charge on any atom is -0.312 e. The van der Waals surface area contributed by atoms with Gasteiger partial charge in [-0.15, -0.1) is 0 Å². The van der Waals surface area contributed by atoms with Crippen molar-refractivity contribution in [3.05, 3.63) is 22.4 Å². The number of thiophene rings is 1. The molecule has 1 aromatic rings. The van der Waals surface area contributed by atoms with Crippen LogP contribution in [0.4, 0.5) is 0 Å². The van der Waals surface area contributed by atoms with Gasteiger partial charge in [0.05, 0.1) is 0 Å². The molecule has 19 heavy (non-hydrogen) atoms. The summed E-state index contributed by atoms with van der Waals surface area (Å²) in [5.74, 6) is 0. The predicted molar refractivity (Wildman–Crippen MR) is 86.9 cm³/mol. The number of nitrogens with zero attached hydrogens (tertiary/aromatic N) is 1. The van der Waals surface area contributed by atoms with Crippen LogP contribution in [0.2, 0.25) is 0 Å². The monoisotopic (exact) mass is 282 g/mol. The van der Waals surface area contributed by atoms with E-state index in [-0.39, 0.29) is 5.54 Å². The number of nitrogens with one attached hydrogen (secondary N) is 1. The van der Waals surface area contributed by atoms with Gasteiger partial charge in [-0.1, -0.05) is 12.8 Å². The zero-order valence-electron chi connectivity index (χ0n) is 13.0. The highest BCUT2D eigenvalue weighted by atomic mass is 32.1. The average Bonchev–Trinajstić information content (AvgIpc) is 2.79. The zero-order chi connectivity index (χ0) is 14.1. The van der Waals surface area contributed by atoms with Gasteiger partial charge in [-0.25, -0.2) is 0 Å².